The Morgan fingerprint density at radius 1 is 0.944 bits per heavy atom. The minimum absolute atomic E-state index is 0.0198. The highest BCUT2D eigenvalue weighted by atomic mass is 19.1. The number of nitrogens with one attached hydrogen (secondary N) is 1. The fraction of sp³-hybridized carbons (Fsp3) is 0.440. The van der Waals surface area contributed by atoms with Gasteiger partial charge in [-0.05, 0) is 38.9 Å². The van der Waals surface area contributed by atoms with Crippen molar-refractivity contribution in [3.8, 4) is 11.5 Å². The van der Waals surface area contributed by atoms with Crippen LogP contribution in [0.1, 0.15) is 38.2 Å². The number of anilines is 2. The van der Waals surface area contributed by atoms with Crippen molar-refractivity contribution in [2.45, 2.75) is 40.3 Å². The van der Waals surface area contributed by atoms with E-state index >= 15 is 0 Å². The van der Waals surface area contributed by atoms with Gasteiger partial charge in [0.2, 0.25) is 5.95 Å². The number of hydrogen-bond acceptors (Lipinski definition) is 9. The number of halogens is 1. The van der Waals surface area contributed by atoms with Gasteiger partial charge in [0.05, 0.1) is 12.4 Å². The summed E-state index contributed by atoms with van der Waals surface area (Å²) in [6, 6.07) is 4.08. The molecular weight excluding hydrogens is 459 g/mol. The van der Waals surface area contributed by atoms with E-state index in [0.29, 0.717) is 17.0 Å². The molecule has 1 aliphatic rings. The summed E-state index contributed by atoms with van der Waals surface area (Å²) in [5.41, 5.74) is 2.47. The average molecular weight is 491 g/mol. The molecule has 0 amide bonds. The van der Waals surface area contributed by atoms with Gasteiger partial charge >= 0.3 is 0 Å². The third kappa shape index (κ3) is 5.02. The van der Waals surface area contributed by atoms with Crippen molar-refractivity contribution >= 4 is 22.9 Å². The van der Waals surface area contributed by atoms with E-state index in [0.717, 1.165) is 56.9 Å². The van der Waals surface area contributed by atoms with Crippen LogP contribution >= 0.6 is 0 Å². The van der Waals surface area contributed by atoms with Gasteiger partial charge in [-0.2, -0.15) is 0 Å². The Balaban J connectivity index is 1.32. The molecule has 188 valence electrons. The quantitative estimate of drug-likeness (QED) is 0.416. The molecule has 0 spiro atoms. The first-order chi connectivity index (χ1) is 17.4. The van der Waals surface area contributed by atoms with Crippen LogP contribution in [0.15, 0.2) is 30.7 Å². The number of likely N-dealkylation sites (N-methyl/N-ethyl adjacent to an activating group) is 1. The van der Waals surface area contributed by atoms with Crippen molar-refractivity contribution in [3.63, 3.8) is 0 Å². The van der Waals surface area contributed by atoms with E-state index in [4.69, 9.17) is 0 Å². The maximum absolute atomic E-state index is 14.7. The summed E-state index contributed by atoms with van der Waals surface area (Å²) >= 11 is 0. The lowest BCUT2D eigenvalue weighted by molar-refractivity contribution is 0.132. The van der Waals surface area contributed by atoms with Crippen LogP contribution in [-0.4, -0.2) is 77.0 Å². The van der Waals surface area contributed by atoms with Gasteiger partial charge in [0, 0.05) is 45.0 Å². The molecule has 1 aliphatic heterocycles. The lowest BCUT2D eigenvalue weighted by Gasteiger charge is -2.33. The van der Waals surface area contributed by atoms with Gasteiger partial charge < -0.3 is 14.8 Å². The minimum Gasteiger partial charge on any atom is -0.310 e. The van der Waals surface area contributed by atoms with Gasteiger partial charge in [-0.1, -0.05) is 13.0 Å². The Bertz CT molecular complexity index is 1340. The minimum atomic E-state index is -0.598. The first-order valence-electron chi connectivity index (χ1n) is 12.3. The lowest BCUT2D eigenvalue weighted by Crippen LogP contribution is -2.45. The fourth-order valence-electron chi connectivity index (χ4n) is 4.55. The van der Waals surface area contributed by atoms with E-state index in [1.165, 1.54) is 0 Å². The Labute approximate surface area is 209 Å². The summed E-state index contributed by atoms with van der Waals surface area (Å²) in [5.74, 6) is 1.21. The number of imidazole rings is 1. The second kappa shape index (κ2) is 10.2. The maximum atomic E-state index is 14.7. The van der Waals surface area contributed by atoms with E-state index in [1.807, 2.05) is 43.7 Å². The number of piperazine rings is 1. The van der Waals surface area contributed by atoms with E-state index in [1.54, 1.807) is 6.20 Å². The summed E-state index contributed by atoms with van der Waals surface area (Å²) in [6.45, 7) is 14.5. The topological polar surface area (TPSA) is 101 Å². The smallest absolute Gasteiger partial charge is 0.229 e. The Hall–Kier alpha value is -3.57. The summed E-state index contributed by atoms with van der Waals surface area (Å²) < 4.78 is 16.7. The lowest BCUT2D eigenvalue weighted by atomic mass is 10.2. The third-order valence-electron chi connectivity index (χ3n) is 6.46. The van der Waals surface area contributed by atoms with Gasteiger partial charge in [0.15, 0.2) is 17.3 Å². The van der Waals surface area contributed by atoms with E-state index in [9.17, 15) is 4.39 Å². The van der Waals surface area contributed by atoms with Gasteiger partial charge in [0.1, 0.15) is 22.9 Å². The van der Waals surface area contributed by atoms with Crippen molar-refractivity contribution in [2.24, 2.45) is 0 Å². The zero-order chi connectivity index (χ0) is 25.2. The number of nitrogens with zero attached hydrogens (tertiary/aromatic N) is 9. The highest BCUT2D eigenvalue weighted by Gasteiger charge is 2.18. The van der Waals surface area contributed by atoms with Crippen LogP contribution in [0.4, 0.5) is 16.2 Å². The van der Waals surface area contributed by atoms with Crippen molar-refractivity contribution in [3.05, 3.63) is 47.9 Å². The SMILES string of the molecule is CCN1CCN(Cc2ccc(Nc3ncc(F)c(-c4ncc5nc(C)n(C(C)C)c5n4)n3)nc2)CC1. The predicted molar refractivity (Wildman–Crippen MR) is 136 cm³/mol. The molecule has 1 N–H and O–H groups in total. The molecule has 36 heavy (non-hydrogen) atoms. The Morgan fingerprint density at radius 2 is 1.72 bits per heavy atom. The molecular formula is C25H31FN10. The van der Waals surface area contributed by atoms with Crippen molar-refractivity contribution in [1.82, 2.24) is 44.3 Å². The average Bonchev–Trinajstić information content (AvgIpc) is 3.22. The number of pyridine rings is 1. The molecule has 4 aromatic heterocycles. The van der Waals surface area contributed by atoms with Gasteiger partial charge in [-0.15, -0.1) is 0 Å². The maximum Gasteiger partial charge on any atom is 0.229 e. The van der Waals surface area contributed by atoms with Gasteiger partial charge in [-0.25, -0.2) is 34.3 Å². The predicted octanol–water partition coefficient (Wildman–Crippen LogP) is 3.59. The molecule has 4 aromatic rings. The summed E-state index contributed by atoms with van der Waals surface area (Å²) in [6.07, 6.45) is 4.57. The molecule has 0 radical (unpaired) electrons. The monoisotopic (exact) mass is 490 g/mol. The van der Waals surface area contributed by atoms with E-state index < -0.39 is 5.82 Å². The number of rotatable bonds is 7. The van der Waals surface area contributed by atoms with Gasteiger partial charge in [0.25, 0.3) is 0 Å². The van der Waals surface area contributed by atoms with Crippen molar-refractivity contribution < 1.29 is 4.39 Å². The Kier molecular flexibility index (Phi) is 6.84. The molecule has 0 aromatic carbocycles. The van der Waals surface area contributed by atoms with Crippen LogP contribution in [0.3, 0.4) is 0 Å². The Morgan fingerprint density at radius 3 is 2.42 bits per heavy atom. The van der Waals surface area contributed by atoms with Crippen LogP contribution in [0.2, 0.25) is 0 Å². The number of fused-ring (bicyclic) bond motifs is 1. The summed E-state index contributed by atoms with van der Waals surface area (Å²) in [5, 5.41) is 3.06. The largest absolute Gasteiger partial charge is 0.310 e. The van der Waals surface area contributed by atoms with Crippen LogP contribution in [0.25, 0.3) is 22.7 Å². The van der Waals surface area contributed by atoms with Crippen LogP contribution < -0.4 is 5.32 Å². The molecule has 10 nitrogen and oxygen atoms in total. The molecule has 1 fully saturated rings. The van der Waals surface area contributed by atoms with Crippen LogP contribution in [0, 0.1) is 12.7 Å². The first-order valence-corrected chi connectivity index (χ1v) is 12.3. The van der Waals surface area contributed by atoms with Crippen molar-refractivity contribution in [2.75, 3.05) is 38.0 Å². The van der Waals surface area contributed by atoms with Gasteiger partial charge in [-0.3, -0.25) is 4.90 Å². The second-order valence-corrected chi connectivity index (χ2v) is 9.30. The standard InChI is InChI=1S/C25H31FN10/c1-5-34-8-10-35(11-9-34)15-18-6-7-21(27-12-18)31-25-29-13-19(26)22(32-25)23-28-14-20-24(33-23)36(16(2)3)17(4)30-20/h6-7,12-14,16H,5,8-11,15H2,1-4H3,(H,27,29,31,32). The second-order valence-electron chi connectivity index (χ2n) is 9.30. The van der Waals surface area contributed by atoms with E-state index in [2.05, 4.69) is 51.9 Å². The molecule has 0 saturated carbocycles. The zero-order valence-electron chi connectivity index (χ0n) is 21.1. The molecule has 5 heterocycles. The molecule has 0 atom stereocenters. The third-order valence-corrected chi connectivity index (χ3v) is 6.46. The fourth-order valence-corrected chi connectivity index (χ4v) is 4.55. The molecule has 11 heteroatoms. The highest BCUT2D eigenvalue weighted by molar-refractivity contribution is 5.73. The molecule has 1 saturated heterocycles. The normalized spacial score (nSPS) is 15.2. The highest BCUT2D eigenvalue weighted by Crippen LogP contribution is 2.24. The molecule has 5 rings (SSSR count). The van der Waals surface area contributed by atoms with Crippen molar-refractivity contribution in [1.29, 1.82) is 0 Å². The van der Waals surface area contributed by atoms with Crippen LogP contribution in [-0.2, 0) is 6.54 Å². The number of aromatic nitrogens is 7. The number of aryl methyl sites for hydroxylation is 1. The first kappa shape index (κ1) is 24.1. The zero-order valence-corrected chi connectivity index (χ0v) is 21.1. The number of hydrogen-bond donors (Lipinski definition) is 1. The molecule has 0 aliphatic carbocycles. The van der Waals surface area contributed by atoms with E-state index in [-0.39, 0.29) is 23.5 Å². The molecule has 0 unspecified atom stereocenters. The summed E-state index contributed by atoms with van der Waals surface area (Å²) in [4.78, 5) is 31.2. The molecule has 0 bridgehead atoms. The van der Waals surface area contributed by atoms with Crippen LogP contribution in [0.5, 0.6) is 0 Å². The summed E-state index contributed by atoms with van der Waals surface area (Å²) in [7, 11) is 0.